The third-order valence-electron chi connectivity index (χ3n) is 4.21. The van der Waals surface area contributed by atoms with Crippen molar-refractivity contribution < 1.29 is 14.3 Å². The summed E-state index contributed by atoms with van der Waals surface area (Å²) in [6.45, 7) is 4.46. The second kappa shape index (κ2) is 10.7. The summed E-state index contributed by atoms with van der Waals surface area (Å²) in [4.78, 5) is 14.4. The van der Waals surface area contributed by atoms with Crippen molar-refractivity contribution in [1.29, 1.82) is 0 Å². The fourth-order valence-corrected chi connectivity index (χ4v) is 3.09. The number of amides is 1. The molecule has 6 heteroatoms. The molecule has 1 aliphatic heterocycles. The van der Waals surface area contributed by atoms with Crippen LogP contribution in [0.3, 0.4) is 0 Å². The average Bonchev–Trinajstić information content (AvgIpc) is 2.60. The number of rotatable bonds is 9. The fourth-order valence-electron chi connectivity index (χ4n) is 2.89. The lowest BCUT2D eigenvalue weighted by Crippen LogP contribution is -2.43. The molecule has 134 valence electrons. The Labute approximate surface area is 149 Å². The Hall–Kier alpha value is -1.14. The van der Waals surface area contributed by atoms with Gasteiger partial charge in [-0.05, 0) is 30.5 Å². The molecule has 1 atom stereocenters. The van der Waals surface area contributed by atoms with Gasteiger partial charge in [-0.25, -0.2) is 0 Å². The van der Waals surface area contributed by atoms with Gasteiger partial charge in [0.1, 0.15) is 0 Å². The number of benzene rings is 1. The van der Waals surface area contributed by atoms with Gasteiger partial charge in [0.05, 0.1) is 19.3 Å². The molecule has 1 aromatic carbocycles. The van der Waals surface area contributed by atoms with Gasteiger partial charge in [0.25, 0.3) is 0 Å². The first kappa shape index (κ1) is 19.2. The first-order valence-corrected chi connectivity index (χ1v) is 8.91. The molecule has 24 heavy (non-hydrogen) atoms. The van der Waals surface area contributed by atoms with E-state index in [0.717, 1.165) is 49.7 Å². The smallest absolute Gasteiger partial charge is 0.220 e. The summed E-state index contributed by atoms with van der Waals surface area (Å²) in [6, 6.07) is 7.99. The lowest BCUT2D eigenvalue weighted by Gasteiger charge is -2.35. The summed E-state index contributed by atoms with van der Waals surface area (Å²) in [5.74, 6) is 0.0893. The van der Waals surface area contributed by atoms with Crippen molar-refractivity contribution >= 4 is 17.5 Å². The van der Waals surface area contributed by atoms with Gasteiger partial charge < -0.3 is 14.8 Å². The molecule has 0 aromatic heterocycles. The number of nitrogens with one attached hydrogen (secondary N) is 1. The maximum absolute atomic E-state index is 12.1. The Morgan fingerprint density at radius 2 is 2.17 bits per heavy atom. The standard InChI is InChI=1S/C18H27ClN2O3/c1-23-10-3-2-7-18(22)20-14-17(21-8-11-24-12-9-21)15-5-4-6-16(19)13-15/h4-6,13,17H,2-3,7-12,14H2,1H3,(H,20,22). The van der Waals surface area contributed by atoms with E-state index in [9.17, 15) is 4.79 Å². The SMILES string of the molecule is COCCCCC(=O)NCC(c1cccc(Cl)c1)N1CCOCC1. The Kier molecular flexibility index (Phi) is 8.53. The summed E-state index contributed by atoms with van der Waals surface area (Å²) in [6.07, 6.45) is 2.29. The largest absolute Gasteiger partial charge is 0.385 e. The van der Waals surface area contributed by atoms with Crippen molar-refractivity contribution in [3.8, 4) is 0 Å². The van der Waals surface area contributed by atoms with Gasteiger partial charge in [-0.1, -0.05) is 23.7 Å². The second-order valence-corrected chi connectivity index (χ2v) is 6.41. The normalized spacial score (nSPS) is 16.8. The van der Waals surface area contributed by atoms with Gasteiger partial charge in [0, 0.05) is 44.8 Å². The molecular formula is C18H27ClN2O3. The number of unbranched alkanes of at least 4 members (excludes halogenated alkanes) is 1. The van der Waals surface area contributed by atoms with E-state index >= 15 is 0 Å². The molecule has 1 fully saturated rings. The quantitative estimate of drug-likeness (QED) is 0.693. The third-order valence-corrected chi connectivity index (χ3v) is 4.45. The number of hydrogen-bond donors (Lipinski definition) is 1. The van der Waals surface area contributed by atoms with Gasteiger partial charge in [-0.2, -0.15) is 0 Å². The topological polar surface area (TPSA) is 50.8 Å². The summed E-state index contributed by atoms with van der Waals surface area (Å²) in [5.41, 5.74) is 1.13. The fraction of sp³-hybridized carbons (Fsp3) is 0.611. The third kappa shape index (κ3) is 6.40. The first-order valence-electron chi connectivity index (χ1n) is 8.53. The molecule has 1 heterocycles. The van der Waals surface area contributed by atoms with Crippen LogP contribution in [0.1, 0.15) is 30.9 Å². The van der Waals surface area contributed by atoms with E-state index in [4.69, 9.17) is 21.1 Å². The molecule has 2 rings (SSSR count). The molecule has 0 bridgehead atoms. The highest BCUT2D eigenvalue weighted by Gasteiger charge is 2.23. The van der Waals surface area contributed by atoms with E-state index < -0.39 is 0 Å². The zero-order valence-corrected chi connectivity index (χ0v) is 15.1. The summed E-state index contributed by atoms with van der Waals surface area (Å²) < 4.78 is 10.5. The van der Waals surface area contributed by atoms with E-state index in [0.29, 0.717) is 19.6 Å². The molecule has 1 aromatic rings. The highest BCUT2D eigenvalue weighted by molar-refractivity contribution is 6.30. The molecule has 0 aliphatic carbocycles. The van der Waals surface area contributed by atoms with Crippen LogP contribution in [0.5, 0.6) is 0 Å². The Balaban J connectivity index is 1.92. The van der Waals surface area contributed by atoms with Gasteiger partial charge in [0.15, 0.2) is 0 Å². The predicted molar refractivity (Wildman–Crippen MR) is 95.3 cm³/mol. The van der Waals surface area contributed by atoms with Crippen molar-refractivity contribution in [3.05, 3.63) is 34.9 Å². The molecule has 1 aliphatic rings. The number of halogens is 1. The Morgan fingerprint density at radius 1 is 1.38 bits per heavy atom. The van der Waals surface area contributed by atoms with E-state index in [1.807, 2.05) is 18.2 Å². The number of morpholine rings is 1. The minimum absolute atomic E-state index is 0.0893. The van der Waals surface area contributed by atoms with E-state index in [1.54, 1.807) is 7.11 Å². The van der Waals surface area contributed by atoms with Gasteiger partial charge in [-0.15, -0.1) is 0 Å². The number of nitrogens with zero attached hydrogens (tertiary/aromatic N) is 1. The van der Waals surface area contributed by atoms with Crippen LogP contribution < -0.4 is 5.32 Å². The van der Waals surface area contributed by atoms with Crippen molar-refractivity contribution in [2.75, 3.05) is 46.6 Å². The van der Waals surface area contributed by atoms with Crippen LogP contribution in [0.4, 0.5) is 0 Å². The molecule has 5 nitrogen and oxygen atoms in total. The Bertz CT molecular complexity index is 507. The molecule has 1 N–H and O–H groups in total. The van der Waals surface area contributed by atoms with Crippen LogP contribution >= 0.6 is 11.6 Å². The highest BCUT2D eigenvalue weighted by Crippen LogP contribution is 2.24. The van der Waals surface area contributed by atoms with Crippen LogP contribution in [0, 0.1) is 0 Å². The average molecular weight is 355 g/mol. The number of methoxy groups -OCH3 is 1. The lowest BCUT2D eigenvalue weighted by atomic mass is 10.0. The van der Waals surface area contributed by atoms with Crippen molar-refractivity contribution in [2.24, 2.45) is 0 Å². The summed E-state index contributed by atoms with van der Waals surface area (Å²) in [7, 11) is 1.68. The first-order chi connectivity index (χ1) is 11.7. The van der Waals surface area contributed by atoms with E-state index in [-0.39, 0.29) is 11.9 Å². The van der Waals surface area contributed by atoms with Crippen LogP contribution in [0.2, 0.25) is 5.02 Å². The molecule has 1 saturated heterocycles. The minimum atomic E-state index is 0.0893. The molecule has 0 spiro atoms. The van der Waals surface area contributed by atoms with E-state index in [1.165, 1.54) is 0 Å². The molecule has 1 amide bonds. The lowest BCUT2D eigenvalue weighted by molar-refractivity contribution is -0.121. The molecule has 0 radical (unpaired) electrons. The molecule has 1 unspecified atom stereocenters. The van der Waals surface area contributed by atoms with Crippen LogP contribution in [-0.2, 0) is 14.3 Å². The Morgan fingerprint density at radius 3 is 2.88 bits per heavy atom. The van der Waals surface area contributed by atoms with Crippen molar-refractivity contribution in [1.82, 2.24) is 10.2 Å². The number of hydrogen-bond acceptors (Lipinski definition) is 4. The second-order valence-electron chi connectivity index (χ2n) is 5.97. The maximum Gasteiger partial charge on any atom is 0.220 e. The van der Waals surface area contributed by atoms with Crippen LogP contribution in [-0.4, -0.2) is 57.4 Å². The van der Waals surface area contributed by atoms with Gasteiger partial charge in [0.2, 0.25) is 5.91 Å². The van der Waals surface area contributed by atoms with Crippen LogP contribution in [0.25, 0.3) is 0 Å². The number of carbonyl (C=O) groups excluding carboxylic acids is 1. The predicted octanol–water partition coefficient (Wildman–Crippen LogP) is 2.65. The molecular weight excluding hydrogens is 328 g/mol. The monoisotopic (exact) mass is 354 g/mol. The van der Waals surface area contributed by atoms with Crippen molar-refractivity contribution in [2.45, 2.75) is 25.3 Å². The maximum atomic E-state index is 12.1. The van der Waals surface area contributed by atoms with Gasteiger partial charge in [-0.3, -0.25) is 9.69 Å². The number of carbonyl (C=O) groups is 1. The van der Waals surface area contributed by atoms with Gasteiger partial charge >= 0.3 is 0 Å². The van der Waals surface area contributed by atoms with Crippen molar-refractivity contribution in [3.63, 3.8) is 0 Å². The number of ether oxygens (including phenoxy) is 2. The van der Waals surface area contributed by atoms with E-state index in [2.05, 4.69) is 16.3 Å². The minimum Gasteiger partial charge on any atom is -0.385 e. The van der Waals surface area contributed by atoms with Crippen LogP contribution in [0.15, 0.2) is 24.3 Å². The zero-order valence-electron chi connectivity index (χ0n) is 14.3. The zero-order chi connectivity index (χ0) is 17.2. The molecule has 0 saturated carbocycles. The highest BCUT2D eigenvalue weighted by atomic mass is 35.5. The summed E-state index contributed by atoms with van der Waals surface area (Å²) in [5, 5.41) is 3.79. The summed E-state index contributed by atoms with van der Waals surface area (Å²) >= 11 is 6.15.